The molecule has 42 heavy (non-hydrogen) atoms. The molecule has 1 aliphatic rings. The standard InChI is InChI=1S/C35H40N6O/c1-25(41-21-19-40(20-22-41)24-26-11-6-5-7-12-26)27-16-17-29-31(23-27)39-34(37-29)38-30-14-10-18-36-33(30)42-32-15-9-8-13-28(32)35(2,3)4/h5-18,23,25H,19-22,24H2,1-4H3,(H2,37,38,39). The van der Waals surface area contributed by atoms with Gasteiger partial charge in [0, 0.05) is 50.5 Å². The zero-order valence-electron chi connectivity index (χ0n) is 25.0. The monoisotopic (exact) mass is 560 g/mol. The van der Waals surface area contributed by atoms with Crippen LogP contribution in [0.2, 0.25) is 0 Å². The van der Waals surface area contributed by atoms with E-state index >= 15 is 0 Å². The minimum Gasteiger partial charge on any atom is -0.437 e. The second-order valence-electron chi connectivity index (χ2n) is 12.2. The van der Waals surface area contributed by atoms with Crippen LogP contribution in [0.25, 0.3) is 11.0 Å². The van der Waals surface area contributed by atoms with Crippen molar-refractivity contribution in [3.8, 4) is 11.6 Å². The summed E-state index contributed by atoms with van der Waals surface area (Å²) in [6.07, 6.45) is 1.74. The average molecular weight is 561 g/mol. The number of aromatic amines is 1. The Labute approximate surface area is 248 Å². The van der Waals surface area contributed by atoms with Crippen molar-refractivity contribution in [2.24, 2.45) is 0 Å². The number of pyridine rings is 1. The van der Waals surface area contributed by atoms with Crippen molar-refractivity contribution in [2.45, 2.75) is 45.7 Å². The van der Waals surface area contributed by atoms with Gasteiger partial charge in [-0.2, -0.15) is 0 Å². The molecule has 1 atom stereocenters. The number of nitrogens with zero attached hydrogens (tertiary/aromatic N) is 4. The minimum atomic E-state index is -0.0533. The average Bonchev–Trinajstić information content (AvgIpc) is 3.40. The smallest absolute Gasteiger partial charge is 0.243 e. The Hall–Kier alpha value is -4.20. The molecular weight excluding hydrogens is 520 g/mol. The summed E-state index contributed by atoms with van der Waals surface area (Å²) in [7, 11) is 0. The lowest BCUT2D eigenvalue weighted by Crippen LogP contribution is -2.46. The molecule has 0 radical (unpaired) electrons. The van der Waals surface area contributed by atoms with Crippen LogP contribution in [0.1, 0.15) is 50.4 Å². The van der Waals surface area contributed by atoms with E-state index < -0.39 is 0 Å². The summed E-state index contributed by atoms with van der Waals surface area (Å²) >= 11 is 0. The number of para-hydroxylation sites is 1. The topological polar surface area (TPSA) is 69.3 Å². The highest BCUT2D eigenvalue weighted by molar-refractivity contribution is 5.79. The maximum Gasteiger partial charge on any atom is 0.243 e. The number of H-pyrrole nitrogens is 1. The Balaban J connectivity index is 1.14. The largest absolute Gasteiger partial charge is 0.437 e. The van der Waals surface area contributed by atoms with Gasteiger partial charge in [-0.15, -0.1) is 0 Å². The number of nitrogens with one attached hydrogen (secondary N) is 2. The molecule has 2 N–H and O–H groups in total. The van der Waals surface area contributed by atoms with Crippen LogP contribution in [0.15, 0.2) is 91.1 Å². The van der Waals surface area contributed by atoms with Gasteiger partial charge >= 0.3 is 0 Å². The van der Waals surface area contributed by atoms with Crippen molar-refractivity contribution in [1.29, 1.82) is 0 Å². The van der Waals surface area contributed by atoms with E-state index in [0.717, 1.165) is 60.8 Å². The number of ether oxygens (including phenoxy) is 1. The van der Waals surface area contributed by atoms with E-state index in [1.807, 2.05) is 30.3 Å². The van der Waals surface area contributed by atoms with Crippen LogP contribution in [-0.2, 0) is 12.0 Å². The Bertz CT molecular complexity index is 1630. The summed E-state index contributed by atoms with van der Waals surface area (Å²) in [6, 6.07) is 29.6. The van der Waals surface area contributed by atoms with Gasteiger partial charge in [-0.3, -0.25) is 9.80 Å². The molecule has 216 valence electrons. The lowest BCUT2D eigenvalue weighted by atomic mass is 9.86. The number of fused-ring (bicyclic) bond motifs is 1. The fourth-order valence-corrected chi connectivity index (χ4v) is 5.68. The third-order valence-electron chi connectivity index (χ3n) is 8.12. The van der Waals surface area contributed by atoms with Gasteiger partial charge in [-0.1, -0.05) is 75.4 Å². The number of benzene rings is 3. The Morgan fingerprint density at radius 1 is 0.905 bits per heavy atom. The number of hydrogen-bond donors (Lipinski definition) is 2. The molecule has 5 aromatic rings. The third kappa shape index (κ3) is 6.32. The summed E-state index contributed by atoms with van der Waals surface area (Å²) in [5.41, 5.74) is 6.43. The lowest BCUT2D eigenvalue weighted by molar-refractivity contribution is 0.0979. The minimum absolute atomic E-state index is 0.0533. The van der Waals surface area contributed by atoms with Crippen LogP contribution in [-0.4, -0.2) is 50.9 Å². The van der Waals surface area contributed by atoms with Crippen molar-refractivity contribution in [3.05, 3.63) is 108 Å². The Kier molecular flexibility index (Phi) is 7.96. The van der Waals surface area contributed by atoms with Gasteiger partial charge in [0.25, 0.3) is 0 Å². The molecule has 1 aliphatic heterocycles. The highest BCUT2D eigenvalue weighted by Crippen LogP contribution is 2.36. The van der Waals surface area contributed by atoms with Crippen molar-refractivity contribution in [1.82, 2.24) is 24.8 Å². The van der Waals surface area contributed by atoms with E-state index in [-0.39, 0.29) is 5.41 Å². The predicted molar refractivity (Wildman–Crippen MR) is 171 cm³/mol. The van der Waals surface area contributed by atoms with Crippen molar-refractivity contribution < 1.29 is 4.74 Å². The lowest BCUT2D eigenvalue weighted by Gasteiger charge is -2.38. The number of piperazine rings is 1. The number of anilines is 2. The first-order chi connectivity index (χ1) is 20.3. The Morgan fingerprint density at radius 3 is 2.45 bits per heavy atom. The van der Waals surface area contributed by atoms with E-state index in [2.05, 4.69) is 107 Å². The fraction of sp³-hybridized carbons (Fsp3) is 0.314. The quantitative estimate of drug-likeness (QED) is 0.203. The zero-order valence-corrected chi connectivity index (χ0v) is 25.0. The second kappa shape index (κ2) is 12.0. The van der Waals surface area contributed by atoms with E-state index in [1.165, 1.54) is 11.1 Å². The van der Waals surface area contributed by atoms with Crippen molar-refractivity contribution >= 4 is 22.7 Å². The van der Waals surface area contributed by atoms with E-state index in [9.17, 15) is 0 Å². The second-order valence-corrected chi connectivity index (χ2v) is 12.2. The van der Waals surface area contributed by atoms with E-state index in [1.54, 1.807) is 6.20 Å². The maximum atomic E-state index is 6.35. The van der Waals surface area contributed by atoms with Gasteiger partial charge in [0.05, 0.1) is 11.0 Å². The molecule has 1 fully saturated rings. The van der Waals surface area contributed by atoms with Crippen LogP contribution >= 0.6 is 0 Å². The molecular formula is C35H40N6O. The third-order valence-corrected chi connectivity index (χ3v) is 8.12. The molecule has 0 saturated carbocycles. The van der Waals surface area contributed by atoms with Gasteiger partial charge in [-0.25, -0.2) is 9.97 Å². The number of hydrogen-bond acceptors (Lipinski definition) is 6. The molecule has 7 nitrogen and oxygen atoms in total. The number of aromatic nitrogens is 3. The zero-order chi connectivity index (χ0) is 29.1. The van der Waals surface area contributed by atoms with Crippen molar-refractivity contribution in [3.63, 3.8) is 0 Å². The number of imidazole rings is 1. The van der Waals surface area contributed by atoms with Crippen LogP contribution in [0, 0.1) is 0 Å². The van der Waals surface area contributed by atoms with Crippen LogP contribution in [0.4, 0.5) is 11.6 Å². The van der Waals surface area contributed by atoms with E-state index in [0.29, 0.717) is 17.9 Å². The first-order valence-electron chi connectivity index (χ1n) is 14.8. The molecule has 0 spiro atoms. The summed E-state index contributed by atoms with van der Waals surface area (Å²) in [5, 5.41) is 3.41. The molecule has 0 amide bonds. The molecule has 1 unspecified atom stereocenters. The first kappa shape index (κ1) is 27.9. The van der Waals surface area contributed by atoms with Crippen LogP contribution in [0.5, 0.6) is 11.6 Å². The molecule has 1 saturated heterocycles. The van der Waals surface area contributed by atoms with Gasteiger partial charge in [-0.05, 0) is 53.8 Å². The van der Waals surface area contributed by atoms with Crippen molar-refractivity contribution in [2.75, 3.05) is 31.5 Å². The van der Waals surface area contributed by atoms with Gasteiger partial charge in [0.2, 0.25) is 11.8 Å². The molecule has 2 aromatic heterocycles. The van der Waals surface area contributed by atoms with Gasteiger partial charge in [0.1, 0.15) is 11.4 Å². The predicted octanol–water partition coefficient (Wildman–Crippen LogP) is 7.67. The highest BCUT2D eigenvalue weighted by atomic mass is 16.5. The normalized spacial score (nSPS) is 15.5. The molecule has 6 rings (SSSR count). The Morgan fingerprint density at radius 2 is 1.67 bits per heavy atom. The van der Waals surface area contributed by atoms with Gasteiger partial charge in [0.15, 0.2) is 0 Å². The molecule has 3 aromatic carbocycles. The number of rotatable bonds is 8. The molecule has 0 bridgehead atoms. The van der Waals surface area contributed by atoms with Crippen LogP contribution in [0.3, 0.4) is 0 Å². The molecule has 7 heteroatoms. The molecule has 3 heterocycles. The summed E-state index contributed by atoms with van der Waals surface area (Å²) < 4.78 is 6.35. The van der Waals surface area contributed by atoms with Crippen LogP contribution < -0.4 is 10.1 Å². The van der Waals surface area contributed by atoms with E-state index in [4.69, 9.17) is 9.72 Å². The maximum absolute atomic E-state index is 6.35. The summed E-state index contributed by atoms with van der Waals surface area (Å²) in [5.74, 6) is 1.97. The highest BCUT2D eigenvalue weighted by Gasteiger charge is 2.23. The SMILES string of the molecule is CC(c1ccc2nc(Nc3cccnc3Oc3ccccc3C(C)(C)C)[nH]c2c1)N1CCN(Cc2ccccc2)CC1. The summed E-state index contributed by atoms with van der Waals surface area (Å²) in [4.78, 5) is 17.9. The summed E-state index contributed by atoms with van der Waals surface area (Å²) in [6.45, 7) is 14.1. The molecule has 0 aliphatic carbocycles. The first-order valence-corrected chi connectivity index (χ1v) is 14.8. The van der Waals surface area contributed by atoms with Gasteiger partial charge < -0.3 is 15.0 Å². The fourth-order valence-electron chi connectivity index (χ4n) is 5.68.